The van der Waals surface area contributed by atoms with E-state index < -0.39 is 7.05 Å². The third-order valence-corrected chi connectivity index (χ3v) is 2.21. The Bertz CT molecular complexity index is 126. The highest BCUT2D eigenvalue weighted by molar-refractivity contribution is 6.45. The Morgan fingerprint density at radius 1 is 1.42 bits per heavy atom. The van der Waals surface area contributed by atoms with Gasteiger partial charge in [-0.15, -0.1) is 0 Å². The topological polar surface area (TPSA) is 47.5 Å². The van der Waals surface area contributed by atoms with Crippen molar-refractivity contribution >= 4 is 7.05 Å². The van der Waals surface area contributed by atoms with Crippen molar-refractivity contribution in [3.63, 3.8) is 0 Å². The van der Waals surface area contributed by atoms with Gasteiger partial charge in [0.2, 0.25) is 0 Å². The molecule has 3 N–H and O–H groups in total. The maximum absolute atomic E-state index is 8.95. The second-order valence-electron chi connectivity index (χ2n) is 3.54. The summed E-state index contributed by atoms with van der Waals surface area (Å²) in [6.07, 6.45) is 2.30. The van der Waals surface area contributed by atoms with E-state index in [0.717, 1.165) is 25.9 Å². The maximum atomic E-state index is 8.95. The van der Waals surface area contributed by atoms with Crippen LogP contribution in [-0.4, -0.2) is 43.2 Å². The van der Waals surface area contributed by atoms with Crippen LogP contribution in [0.1, 0.15) is 12.8 Å². The van der Waals surface area contributed by atoms with E-state index in [4.69, 9.17) is 5.02 Å². The van der Waals surface area contributed by atoms with E-state index in [0.29, 0.717) is 6.04 Å². The van der Waals surface area contributed by atoms with E-state index in [2.05, 4.69) is 22.7 Å². The smallest absolute Gasteiger partial charge is 0.387 e. The van der Waals surface area contributed by atoms with E-state index in [1.54, 1.807) is 6.82 Å². The average molecular weight is 171 g/mol. The third kappa shape index (κ3) is 3.54. The Balaban J connectivity index is 2.09. The minimum absolute atomic E-state index is 0.468. The Kier molecular flexibility index (Phi) is 4.01. The first-order valence-corrected chi connectivity index (χ1v) is 4.56. The molecule has 1 rings (SSSR count). The molecule has 0 aromatic rings. The summed E-state index contributed by atoms with van der Waals surface area (Å²) in [5.74, 6) is 0. The fourth-order valence-corrected chi connectivity index (χ4v) is 1.39. The number of nitrogens with zero attached hydrogens (tertiary/aromatic N) is 1. The largest absolute Gasteiger partial charge is 0.437 e. The van der Waals surface area contributed by atoms with Gasteiger partial charge >= 0.3 is 7.05 Å². The number of likely N-dealkylation sites (tertiary alicyclic amines) is 1. The third-order valence-electron chi connectivity index (χ3n) is 2.21. The van der Waals surface area contributed by atoms with E-state index in [1.165, 1.54) is 0 Å². The molecular formula is C7H18BN3O. The average Bonchev–Trinajstić information content (AvgIpc) is 2.03. The van der Waals surface area contributed by atoms with Crippen LogP contribution in [0.5, 0.6) is 0 Å². The fourth-order valence-electron chi connectivity index (χ4n) is 1.39. The van der Waals surface area contributed by atoms with Crippen LogP contribution in [0.3, 0.4) is 0 Å². The van der Waals surface area contributed by atoms with Crippen LogP contribution in [0.15, 0.2) is 0 Å². The lowest BCUT2D eigenvalue weighted by Crippen LogP contribution is -2.51. The molecule has 1 aliphatic rings. The molecule has 5 heteroatoms. The van der Waals surface area contributed by atoms with Gasteiger partial charge < -0.3 is 9.92 Å². The molecule has 1 fully saturated rings. The second kappa shape index (κ2) is 4.82. The van der Waals surface area contributed by atoms with E-state index >= 15 is 0 Å². The zero-order chi connectivity index (χ0) is 8.97. The van der Waals surface area contributed by atoms with E-state index in [9.17, 15) is 0 Å². The van der Waals surface area contributed by atoms with Gasteiger partial charge in [0.15, 0.2) is 0 Å². The normalized spacial score (nSPS) is 21.2. The molecule has 1 aliphatic heterocycles. The molecule has 0 bridgehead atoms. The molecule has 0 atom stereocenters. The van der Waals surface area contributed by atoms with Crippen LogP contribution in [0.2, 0.25) is 6.82 Å². The summed E-state index contributed by atoms with van der Waals surface area (Å²) in [6.45, 7) is 3.99. The number of piperidine rings is 1. The van der Waals surface area contributed by atoms with Crippen molar-refractivity contribution in [2.24, 2.45) is 0 Å². The predicted octanol–water partition coefficient (Wildman–Crippen LogP) is -0.715. The van der Waals surface area contributed by atoms with Crippen molar-refractivity contribution in [3.8, 4) is 0 Å². The molecule has 0 spiro atoms. The van der Waals surface area contributed by atoms with Crippen molar-refractivity contribution in [3.05, 3.63) is 0 Å². The Hall–Kier alpha value is -0.0951. The van der Waals surface area contributed by atoms with Crippen LogP contribution in [0.25, 0.3) is 0 Å². The fraction of sp³-hybridized carbons (Fsp3) is 1.00. The zero-order valence-electron chi connectivity index (χ0n) is 7.88. The molecule has 70 valence electrons. The SMILES string of the molecule is CB(O)NNC1CCN(C)CC1. The van der Waals surface area contributed by atoms with Crippen molar-refractivity contribution in [1.82, 2.24) is 15.7 Å². The summed E-state index contributed by atoms with van der Waals surface area (Å²) in [7, 11) is 1.67. The minimum atomic E-state index is -0.468. The van der Waals surface area contributed by atoms with Crippen LogP contribution >= 0.6 is 0 Å². The molecule has 0 saturated carbocycles. The lowest BCUT2D eigenvalue weighted by Gasteiger charge is -2.29. The highest BCUT2D eigenvalue weighted by atomic mass is 16.2. The quantitative estimate of drug-likeness (QED) is 0.387. The molecule has 0 amide bonds. The van der Waals surface area contributed by atoms with Gasteiger partial charge in [0.25, 0.3) is 0 Å². The van der Waals surface area contributed by atoms with Crippen LogP contribution in [0, 0.1) is 0 Å². The van der Waals surface area contributed by atoms with E-state index in [-0.39, 0.29) is 0 Å². The summed E-state index contributed by atoms with van der Waals surface area (Å²) >= 11 is 0. The molecule has 0 unspecified atom stereocenters. The summed E-state index contributed by atoms with van der Waals surface area (Å²) in [6, 6.07) is 0.510. The molecule has 0 aromatic carbocycles. The van der Waals surface area contributed by atoms with Gasteiger partial charge in [0, 0.05) is 6.04 Å². The number of hydrogen-bond acceptors (Lipinski definition) is 4. The number of nitrogens with one attached hydrogen (secondary N) is 2. The zero-order valence-corrected chi connectivity index (χ0v) is 7.88. The Labute approximate surface area is 74.4 Å². The van der Waals surface area contributed by atoms with Gasteiger partial charge in [0.05, 0.1) is 0 Å². The first-order chi connectivity index (χ1) is 5.68. The van der Waals surface area contributed by atoms with E-state index in [1.807, 2.05) is 0 Å². The lowest BCUT2D eigenvalue weighted by atomic mass is 9.91. The molecule has 4 nitrogen and oxygen atoms in total. The van der Waals surface area contributed by atoms with Crippen molar-refractivity contribution in [2.45, 2.75) is 25.7 Å². The van der Waals surface area contributed by atoms with Crippen LogP contribution in [0.4, 0.5) is 0 Å². The second-order valence-corrected chi connectivity index (χ2v) is 3.54. The molecule has 0 aliphatic carbocycles. The lowest BCUT2D eigenvalue weighted by molar-refractivity contribution is 0.229. The minimum Gasteiger partial charge on any atom is -0.437 e. The monoisotopic (exact) mass is 171 g/mol. The number of hydrogen-bond donors (Lipinski definition) is 3. The highest BCUT2D eigenvalue weighted by Gasteiger charge is 2.16. The first kappa shape index (κ1) is 9.99. The van der Waals surface area contributed by atoms with Crippen molar-refractivity contribution in [2.75, 3.05) is 20.1 Å². The standard InChI is InChI=1S/C7H18BN3O/c1-8(12)10-9-7-3-5-11(2)6-4-7/h7,9-10,12H,3-6H2,1-2H3. The maximum Gasteiger partial charge on any atom is 0.387 e. The van der Waals surface area contributed by atoms with Gasteiger partial charge in [-0.3, -0.25) is 10.8 Å². The summed E-state index contributed by atoms with van der Waals surface area (Å²) < 4.78 is 0. The first-order valence-electron chi connectivity index (χ1n) is 4.56. The van der Waals surface area contributed by atoms with Gasteiger partial charge in [-0.05, 0) is 39.8 Å². The Morgan fingerprint density at radius 3 is 2.50 bits per heavy atom. The van der Waals surface area contributed by atoms with Gasteiger partial charge in [-0.1, -0.05) is 0 Å². The summed E-state index contributed by atoms with van der Waals surface area (Å²) in [4.78, 5) is 2.32. The Morgan fingerprint density at radius 2 is 2.00 bits per heavy atom. The molecule has 0 radical (unpaired) electrons. The van der Waals surface area contributed by atoms with Gasteiger partial charge in [0.1, 0.15) is 0 Å². The highest BCUT2D eigenvalue weighted by Crippen LogP contribution is 2.06. The van der Waals surface area contributed by atoms with Crippen LogP contribution < -0.4 is 10.8 Å². The number of hydrazine groups is 1. The summed E-state index contributed by atoms with van der Waals surface area (Å²) in [5, 5.41) is 11.8. The molecule has 1 saturated heterocycles. The van der Waals surface area contributed by atoms with Gasteiger partial charge in [-0.2, -0.15) is 0 Å². The van der Waals surface area contributed by atoms with Crippen molar-refractivity contribution < 1.29 is 5.02 Å². The molecule has 1 heterocycles. The van der Waals surface area contributed by atoms with Crippen molar-refractivity contribution in [1.29, 1.82) is 0 Å². The number of rotatable bonds is 3. The summed E-state index contributed by atoms with van der Waals surface area (Å²) in [5.41, 5.74) is 3.11. The molecular weight excluding hydrogens is 153 g/mol. The predicted molar refractivity (Wildman–Crippen MR) is 50.6 cm³/mol. The molecule has 12 heavy (non-hydrogen) atoms. The van der Waals surface area contributed by atoms with Crippen LogP contribution in [-0.2, 0) is 0 Å². The molecule has 0 aromatic heterocycles. The van der Waals surface area contributed by atoms with Gasteiger partial charge in [-0.25, -0.2) is 0 Å².